The van der Waals surface area contributed by atoms with Gasteiger partial charge in [-0.2, -0.15) is 0 Å². The van der Waals surface area contributed by atoms with Crippen molar-refractivity contribution >= 4 is 29.2 Å². The number of benzene rings is 2. The summed E-state index contributed by atoms with van der Waals surface area (Å²) >= 11 is 5.91. The van der Waals surface area contributed by atoms with Crippen molar-refractivity contribution in [3.63, 3.8) is 0 Å². The maximum absolute atomic E-state index is 13.0. The van der Waals surface area contributed by atoms with E-state index in [4.69, 9.17) is 11.6 Å². The highest BCUT2D eigenvalue weighted by Crippen LogP contribution is 2.28. The van der Waals surface area contributed by atoms with E-state index in [0.29, 0.717) is 22.0 Å². The summed E-state index contributed by atoms with van der Waals surface area (Å²) in [6.07, 6.45) is 0. The molecule has 2 aromatic carbocycles. The van der Waals surface area contributed by atoms with E-state index < -0.39 is 18.0 Å². The molecule has 5 nitrogen and oxygen atoms in total. The summed E-state index contributed by atoms with van der Waals surface area (Å²) in [5.74, 6) is -0.782. The maximum atomic E-state index is 13.0. The minimum atomic E-state index is -0.619. The Morgan fingerprint density at radius 2 is 1.76 bits per heavy atom. The fourth-order valence-electron chi connectivity index (χ4n) is 2.63. The third-order valence-electron chi connectivity index (χ3n) is 3.82. The summed E-state index contributed by atoms with van der Waals surface area (Å²) < 4.78 is 13.0. The number of halogens is 2. The molecule has 3 amide bonds. The van der Waals surface area contributed by atoms with Gasteiger partial charge in [0, 0.05) is 16.4 Å². The van der Waals surface area contributed by atoms with Crippen molar-refractivity contribution in [1.29, 1.82) is 0 Å². The van der Waals surface area contributed by atoms with Crippen molar-refractivity contribution in [2.24, 2.45) is 0 Å². The number of hydrogen-bond donors (Lipinski definition) is 3. The van der Waals surface area contributed by atoms with Crippen LogP contribution in [0.15, 0.2) is 59.8 Å². The number of allylic oxidation sites excluding steroid dienone is 1. The van der Waals surface area contributed by atoms with Gasteiger partial charge in [0.2, 0.25) is 0 Å². The van der Waals surface area contributed by atoms with Crippen molar-refractivity contribution in [2.45, 2.75) is 13.0 Å². The monoisotopic (exact) mass is 359 g/mol. The van der Waals surface area contributed by atoms with E-state index in [2.05, 4.69) is 16.0 Å². The molecule has 0 spiro atoms. The molecule has 0 saturated carbocycles. The fourth-order valence-corrected chi connectivity index (χ4v) is 2.76. The third-order valence-corrected chi connectivity index (χ3v) is 4.07. The van der Waals surface area contributed by atoms with Crippen molar-refractivity contribution < 1.29 is 14.0 Å². The molecule has 2 aromatic rings. The SMILES string of the molecule is CC1=C(C(=O)Nc2ccc(F)cc2)[C@@H](c2ccc(Cl)cc2)NC(=O)N1. The lowest BCUT2D eigenvalue weighted by atomic mass is 9.95. The van der Waals surface area contributed by atoms with E-state index in [1.165, 1.54) is 24.3 Å². The van der Waals surface area contributed by atoms with Gasteiger partial charge in [0.15, 0.2) is 0 Å². The van der Waals surface area contributed by atoms with Gasteiger partial charge in [0.25, 0.3) is 5.91 Å². The normalized spacial score (nSPS) is 16.9. The predicted molar refractivity (Wildman–Crippen MR) is 93.6 cm³/mol. The molecule has 3 rings (SSSR count). The first kappa shape index (κ1) is 17.0. The zero-order chi connectivity index (χ0) is 18.0. The Hall–Kier alpha value is -2.86. The van der Waals surface area contributed by atoms with E-state index in [9.17, 15) is 14.0 Å². The van der Waals surface area contributed by atoms with Crippen LogP contribution in [0.25, 0.3) is 0 Å². The minimum Gasteiger partial charge on any atom is -0.327 e. The molecule has 0 aliphatic carbocycles. The van der Waals surface area contributed by atoms with Crippen LogP contribution in [0.3, 0.4) is 0 Å². The van der Waals surface area contributed by atoms with Crippen LogP contribution < -0.4 is 16.0 Å². The van der Waals surface area contributed by atoms with Crippen molar-refractivity contribution in [1.82, 2.24) is 10.6 Å². The molecule has 1 heterocycles. The van der Waals surface area contributed by atoms with Gasteiger partial charge in [-0.05, 0) is 48.9 Å². The van der Waals surface area contributed by atoms with Gasteiger partial charge in [0.1, 0.15) is 5.82 Å². The Labute approximate surface area is 148 Å². The van der Waals surface area contributed by atoms with E-state index >= 15 is 0 Å². The molecule has 3 N–H and O–H groups in total. The highest BCUT2D eigenvalue weighted by atomic mass is 35.5. The van der Waals surface area contributed by atoms with Gasteiger partial charge in [0.05, 0.1) is 11.6 Å². The van der Waals surface area contributed by atoms with Gasteiger partial charge >= 0.3 is 6.03 Å². The molecule has 0 radical (unpaired) electrons. The number of carbonyl (C=O) groups is 2. The van der Waals surface area contributed by atoms with Gasteiger partial charge in [-0.3, -0.25) is 4.79 Å². The third kappa shape index (κ3) is 3.80. The molecule has 1 aliphatic rings. The summed E-state index contributed by atoms with van der Waals surface area (Å²) in [5, 5.41) is 8.61. The number of hydrogen-bond acceptors (Lipinski definition) is 2. The molecule has 1 atom stereocenters. The molecule has 0 fully saturated rings. The number of carbonyl (C=O) groups excluding carboxylic acids is 2. The van der Waals surface area contributed by atoms with Gasteiger partial charge in [-0.15, -0.1) is 0 Å². The van der Waals surface area contributed by atoms with Crippen LogP contribution in [0.1, 0.15) is 18.5 Å². The molecule has 1 aliphatic heterocycles. The molecule has 25 heavy (non-hydrogen) atoms. The molecular weight excluding hydrogens is 345 g/mol. The highest BCUT2D eigenvalue weighted by molar-refractivity contribution is 6.30. The summed E-state index contributed by atoms with van der Waals surface area (Å²) in [4.78, 5) is 24.6. The lowest BCUT2D eigenvalue weighted by molar-refractivity contribution is -0.113. The number of rotatable bonds is 3. The minimum absolute atomic E-state index is 0.367. The second-order valence-electron chi connectivity index (χ2n) is 5.58. The van der Waals surface area contributed by atoms with Gasteiger partial charge in [-0.25, -0.2) is 9.18 Å². The Balaban J connectivity index is 1.92. The number of urea groups is 1. The molecule has 0 saturated heterocycles. The maximum Gasteiger partial charge on any atom is 0.319 e. The lowest BCUT2D eigenvalue weighted by Crippen LogP contribution is -2.45. The average molecular weight is 360 g/mol. The molecule has 0 bridgehead atoms. The van der Waals surface area contributed by atoms with Crippen LogP contribution in [0, 0.1) is 5.82 Å². The zero-order valence-corrected chi connectivity index (χ0v) is 14.0. The zero-order valence-electron chi connectivity index (χ0n) is 13.3. The standard InChI is InChI=1S/C18H15ClFN3O2/c1-10-15(17(24)22-14-8-6-13(20)7-9-14)16(23-18(25)21-10)11-2-4-12(19)5-3-11/h2-9,16H,1H3,(H,22,24)(H2,21,23,25)/t16-/m1/s1. The van der Waals surface area contributed by atoms with Crippen LogP contribution in [0.5, 0.6) is 0 Å². The van der Waals surface area contributed by atoms with Crippen LogP contribution in [-0.4, -0.2) is 11.9 Å². The van der Waals surface area contributed by atoms with E-state index in [-0.39, 0.29) is 5.82 Å². The summed E-state index contributed by atoms with van der Waals surface area (Å²) in [6, 6.07) is 11.3. The fraction of sp³-hybridized carbons (Fsp3) is 0.111. The Kier molecular flexibility index (Phi) is 4.72. The first-order valence-electron chi connectivity index (χ1n) is 7.54. The average Bonchev–Trinajstić information content (AvgIpc) is 2.57. The van der Waals surface area contributed by atoms with Crippen molar-refractivity contribution in [3.8, 4) is 0 Å². The van der Waals surface area contributed by atoms with E-state index in [0.717, 1.165) is 5.56 Å². The Bertz CT molecular complexity index is 848. The quantitative estimate of drug-likeness (QED) is 0.781. The smallest absolute Gasteiger partial charge is 0.319 e. The molecule has 128 valence electrons. The molecule has 0 aromatic heterocycles. The highest BCUT2D eigenvalue weighted by Gasteiger charge is 2.31. The van der Waals surface area contributed by atoms with Crippen LogP contribution in [-0.2, 0) is 4.79 Å². The largest absolute Gasteiger partial charge is 0.327 e. The number of amides is 3. The first-order chi connectivity index (χ1) is 11.9. The van der Waals surface area contributed by atoms with Crippen LogP contribution in [0.4, 0.5) is 14.9 Å². The summed E-state index contributed by atoms with van der Waals surface area (Å²) in [7, 11) is 0. The van der Waals surface area contributed by atoms with Crippen molar-refractivity contribution in [3.05, 3.63) is 76.2 Å². The topological polar surface area (TPSA) is 70.2 Å². The molecule has 7 heteroatoms. The number of nitrogens with one attached hydrogen (secondary N) is 3. The van der Waals surface area contributed by atoms with Crippen LogP contribution >= 0.6 is 11.6 Å². The summed E-state index contributed by atoms with van der Waals surface area (Å²) in [5.41, 5.74) is 2.00. The lowest BCUT2D eigenvalue weighted by Gasteiger charge is -2.28. The Morgan fingerprint density at radius 3 is 2.40 bits per heavy atom. The predicted octanol–water partition coefficient (Wildman–Crippen LogP) is 3.75. The van der Waals surface area contributed by atoms with E-state index in [1.54, 1.807) is 31.2 Å². The van der Waals surface area contributed by atoms with Crippen LogP contribution in [0.2, 0.25) is 5.02 Å². The van der Waals surface area contributed by atoms with Gasteiger partial charge < -0.3 is 16.0 Å². The number of anilines is 1. The second kappa shape index (κ2) is 6.94. The van der Waals surface area contributed by atoms with Gasteiger partial charge in [-0.1, -0.05) is 23.7 Å². The second-order valence-corrected chi connectivity index (χ2v) is 6.02. The summed E-state index contributed by atoms with van der Waals surface area (Å²) in [6.45, 7) is 1.65. The molecular formula is C18H15ClFN3O2. The molecule has 0 unspecified atom stereocenters. The Morgan fingerprint density at radius 1 is 1.12 bits per heavy atom. The first-order valence-corrected chi connectivity index (χ1v) is 7.92. The van der Waals surface area contributed by atoms with Crippen molar-refractivity contribution in [2.75, 3.05) is 5.32 Å². The van der Waals surface area contributed by atoms with E-state index in [1.807, 2.05) is 0 Å².